The molecule has 0 saturated carbocycles. The molecule has 0 N–H and O–H groups in total. The maximum Gasteiger partial charge on any atom is 0.164 e. The Morgan fingerprint density at radius 3 is 1.34 bits per heavy atom. The van der Waals surface area contributed by atoms with Gasteiger partial charge in [0, 0.05) is 33.2 Å². The highest BCUT2D eigenvalue weighted by atomic mass is 15.0. The van der Waals surface area contributed by atoms with Crippen molar-refractivity contribution in [1.29, 1.82) is 0 Å². The summed E-state index contributed by atoms with van der Waals surface area (Å²) in [4.78, 5) is 14.7. The van der Waals surface area contributed by atoms with Crippen molar-refractivity contribution < 1.29 is 11.0 Å². The van der Waals surface area contributed by atoms with Crippen molar-refractivity contribution in [3.05, 3.63) is 194 Å². The SMILES string of the molecule is [2H]c1c([2H])c([2H])c2c(c1[2H])c1c([2H])c([2H])c([2H])c([2H])c1n2-c1cc(-c2ccccc2)cc(-c2ccc3cc(-c4nc(-c5ccccc5)nc(-c5ccccc5)n4)ccc3c2)c1. The number of hydrogen-bond acceptors (Lipinski definition) is 3. The summed E-state index contributed by atoms with van der Waals surface area (Å²) in [5.74, 6) is 1.69. The Kier molecular flexibility index (Phi) is 5.66. The van der Waals surface area contributed by atoms with E-state index >= 15 is 0 Å². The van der Waals surface area contributed by atoms with Gasteiger partial charge >= 0.3 is 0 Å². The van der Waals surface area contributed by atoms with Crippen LogP contribution in [0.25, 0.3) is 94.7 Å². The quantitative estimate of drug-likeness (QED) is 0.175. The van der Waals surface area contributed by atoms with E-state index in [4.69, 9.17) is 25.9 Å². The molecule has 0 unspecified atom stereocenters. The molecule has 2 aromatic heterocycles. The van der Waals surface area contributed by atoms with Crippen LogP contribution < -0.4 is 0 Å². The largest absolute Gasteiger partial charge is 0.309 e. The molecule has 0 saturated heterocycles. The van der Waals surface area contributed by atoms with Gasteiger partial charge in [0.2, 0.25) is 0 Å². The molecule has 0 aliphatic heterocycles. The Morgan fingerprint density at radius 1 is 0.358 bits per heavy atom. The number of fused-ring (bicyclic) bond motifs is 4. The molecule has 0 fully saturated rings. The summed E-state index contributed by atoms with van der Waals surface area (Å²) >= 11 is 0. The molecule has 53 heavy (non-hydrogen) atoms. The normalized spacial score (nSPS) is 13.5. The van der Waals surface area contributed by atoms with Crippen LogP contribution in [0.2, 0.25) is 0 Å². The maximum atomic E-state index is 9.07. The maximum absolute atomic E-state index is 9.07. The second-order valence-electron chi connectivity index (χ2n) is 12.7. The van der Waals surface area contributed by atoms with Gasteiger partial charge in [-0.05, 0) is 75.4 Å². The van der Waals surface area contributed by atoms with Gasteiger partial charge in [-0.2, -0.15) is 0 Å². The molecule has 8 aromatic carbocycles. The summed E-state index contributed by atoms with van der Waals surface area (Å²) in [5.41, 5.74) is 6.55. The van der Waals surface area contributed by atoms with Gasteiger partial charge in [0.05, 0.1) is 22.0 Å². The average molecular weight is 685 g/mol. The van der Waals surface area contributed by atoms with Crippen molar-refractivity contribution in [2.75, 3.05) is 0 Å². The zero-order valence-corrected chi connectivity index (χ0v) is 28.1. The van der Waals surface area contributed by atoms with E-state index in [1.165, 1.54) is 0 Å². The topological polar surface area (TPSA) is 43.6 Å². The van der Waals surface area contributed by atoms with Gasteiger partial charge < -0.3 is 4.57 Å². The van der Waals surface area contributed by atoms with Gasteiger partial charge in [0.15, 0.2) is 17.5 Å². The summed E-state index contributed by atoms with van der Waals surface area (Å²) in [7, 11) is 0. The van der Waals surface area contributed by atoms with Gasteiger partial charge in [-0.3, -0.25) is 0 Å². The summed E-state index contributed by atoms with van der Waals surface area (Å²) in [6.07, 6.45) is 0. The highest BCUT2D eigenvalue weighted by Gasteiger charge is 2.16. The first kappa shape index (κ1) is 23.3. The molecular formula is C49H32N4. The average Bonchev–Trinajstić information content (AvgIpc) is 3.68. The first-order valence-corrected chi connectivity index (χ1v) is 17.2. The molecular weight excluding hydrogens is 645 g/mol. The van der Waals surface area contributed by atoms with Crippen molar-refractivity contribution in [3.8, 4) is 62.1 Å². The van der Waals surface area contributed by atoms with Gasteiger partial charge in [-0.25, -0.2) is 15.0 Å². The van der Waals surface area contributed by atoms with E-state index in [2.05, 4.69) is 12.1 Å². The van der Waals surface area contributed by atoms with Crippen molar-refractivity contribution in [3.63, 3.8) is 0 Å². The van der Waals surface area contributed by atoms with Crippen LogP contribution in [0.15, 0.2) is 194 Å². The molecule has 10 rings (SSSR count). The molecule has 0 amide bonds. The molecule has 0 aliphatic carbocycles. The second kappa shape index (κ2) is 12.9. The summed E-state index contributed by atoms with van der Waals surface area (Å²) in [6, 6.07) is 44.1. The fourth-order valence-corrected chi connectivity index (χ4v) is 6.89. The van der Waals surface area contributed by atoms with E-state index in [1.807, 2.05) is 133 Å². The third kappa shape index (κ3) is 5.63. The lowest BCUT2D eigenvalue weighted by Gasteiger charge is -2.14. The molecule has 4 heteroatoms. The van der Waals surface area contributed by atoms with Crippen LogP contribution in [-0.2, 0) is 0 Å². The fourth-order valence-electron chi connectivity index (χ4n) is 6.89. The summed E-state index contributed by atoms with van der Waals surface area (Å²) in [6.45, 7) is 0. The van der Waals surface area contributed by atoms with Crippen LogP contribution in [0.4, 0.5) is 0 Å². The lowest BCUT2D eigenvalue weighted by atomic mass is 9.95. The molecule has 0 bridgehead atoms. The molecule has 0 atom stereocenters. The van der Waals surface area contributed by atoms with E-state index in [0.29, 0.717) is 23.2 Å². The van der Waals surface area contributed by atoms with E-state index in [0.717, 1.165) is 49.7 Å². The van der Waals surface area contributed by atoms with E-state index in [9.17, 15) is 0 Å². The van der Waals surface area contributed by atoms with Gasteiger partial charge in [-0.15, -0.1) is 0 Å². The first-order chi connectivity index (χ1) is 29.6. The predicted octanol–water partition coefficient (Wildman–Crippen LogP) is 12.5. The highest BCUT2D eigenvalue weighted by Crippen LogP contribution is 2.37. The summed E-state index contributed by atoms with van der Waals surface area (Å²) < 4.78 is 71.7. The van der Waals surface area contributed by atoms with Gasteiger partial charge in [0.25, 0.3) is 0 Å². The van der Waals surface area contributed by atoms with Gasteiger partial charge in [0.1, 0.15) is 0 Å². The Bertz CT molecular complexity index is 3260. The number of benzene rings is 8. The number of nitrogens with zero attached hydrogens (tertiary/aromatic N) is 4. The van der Waals surface area contributed by atoms with Crippen LogP contribution in [0, 0.1) is 0 Å². The van der Waals surface area contributed by atoms with Crippen molar-refractivity contribution in [2.24, 2.45) is 0 Å². The van der Waals surface area contributed by atoms with E-state index in [1.54, 1.807) is 4.57 Å². The van der Waals surface area contributed by atoms with Crippen molar-refractivity contribution >= 4 is 32.6 Å². The minimum absolute atomic E-state index is 0.0335. The molecule has 0 aliphatic rings. The standard InChI is InChI=1S/C49H32N4/c1-4-14-33(15-5-1)40-30-41(32-42(31-40)53-45-22-12-10-20-43(45)44-21-11-13-23-46(44)53)38-25-24-37-29-39(27-26-36(37)28-38)49-51-47(34-16-6-2-7-17-34)50-48(52-49)35-18-8-3-9-19-35/h1-32H/i10D,11D,12D,13D,20D,21D,22D,23D. The van der Waals surface area contributed by atoms with Crippen LogP contribution in [0.3, 0.4) is 0 Å². The predicted molar refractivity (Wildman–Crippen MR) is 219 cm³/mol. The molecule has 0 spiro atoms. The van der Waals surface area contributed by atoms with Gasteiger partial charge in [-0.1, -0.05) is 152 Å². The number of para-hydroxylation sites is 2. The number of aromatic nitrogens is 4. The first-order valence-electron chi connectivity index (χ1n) is 21.2. The zero-order chi connectivity index (χ0) is 42.1. The van der Waals surface area contributed by atoms with Crippen molar-refractivity contribution in [1.82, 2.24) is 19.5 Å². The van der Waals surface area contributed by atoms with Crippen LogP contribution in [-0.4, -0.2) is 19.5 Å². The molecule has 4 nitrogen and oxygen atoms in total. The Morgan fingerprint density at radius 2 is 0.792 bits per heavy atom. The third-order valence-electron chi connectivity index (χ3n) is 9.45. The highest BCUT2D eigenvalue weighted by molar-refractivity contribution is 6.09. The Labute approximate surface area is 318 Å². The smallest absolute Gasteiger partial charge is 0.164 e. The Hall–Kier alpha value is -7.17. The third-order valence-corrected chi connectivity index (χ3v) is 9.45. The second-order valence-corrected chi connectivity index (χ2v) is 12.7. The number of rotatable bonds is 6. The summed E-state index contributed by atoms with van der Waals surface area (Å²) in [5, 5.41) is 1.98. The van der Waals surface area contributed by atoms with Crippen LogP contribution >= 0.6 is 0 Å². The lowest BCUT2D eigenvalue weighted by molar-refractivity contribution is 1.07. The number of hydrogen-bond donors (Lipinski definition) is 0. The van der Waals surface area contributed by atoms with Crippen LogP contribution in [0.1, 0.15) is 11.0 Å². The fraction of sp³-hybridized carbons (Fsp3) is 0. The monoisotopic (exact) mass is 684 g/mol. The zero-order valence-electron chi connectivity index (χ0n) is 36.1. The van der Waals surface area contributed by atoms with E-state index < -0.39 is 24.2 Å². The van der Waals surface area contributed by atoms with Crippen LogP contribution in [0.5, 0.6) is 0 Å². The lowest BCUT2D eigenvalue weighted by Crippen LogP contribution is -2.00. The minimum Gasteiger partial charge on any atom is -0.309 e. The van der Waals surface area contributed by atoms with Crippen molar-refractivity contribution in [2.45, 2.75) is 0 Å². The molecule has 248 valence electrons. The molecule has 2 heterocycles. The van der Waals surface area contributed by atoms with E-state index in [-0.39, 0.29) is 46.0 Å². The Balaban J connectivity index is 1.16. The molecule has 0 radical (unpaired) electrons. The molecule has 10 aromatic rings. The minimum atomic E-state index is -0.481.